The van der Waals surface area contributed by atoms with Crippen molar-refractivity contribution >= 4 is 37.6 Å². The molecule has 1 aliphatic carbocycles. The first-order valence-corrected chi connectivity index (χ1v) is 10.9. The van der Waals surface area contributed by atoms with Gasteiger partial charge in [0.25, 0.3) is 0 Å². The second-order valence-electron chi connectivity index (χ2n) is 7.61. The van der Waals surface area contributed by atoms with Crippen molar-refractivity contribution in [3.63, 3.8) is 0 Å². The highest BCUT2D eigenvalue weighted by atomic mass is 32.1. The predicted octanol–water partition coefficient (Wildman–Crippen LogP) is 6.77. The fourth-order valence-corrected chi connectivity index (χ4v) is 4.88. The molecule has 0 bridgehead atoms. The molecule has 1 fully saturated rings. The van der Waals surface area contributed by atoms with Crippen LogP contribution < -0.4 is 10.1 Å². The average Bonchev–Trinajstić information content (AvgIpc) is 3.16. The average molecular weight is 408 g/mol. The first-order valence-electron chi connectivity index (χ1n) is 10.1. The summed E-state index contributed by atoms with van der Waals surface area (Å²) in [7, 11) is 0. The summed E-state index contributed by atoms with van der Waals surface area (Å²) in [5.74, 6) is 1.75. The summed E-state index contributed by atoms with van der Waals surface area (Å²) >= 11 is 1.64. The van der Waals surface area contributed by atoms with Crippen molar-refractivity contribution in [2.24, 2.45) is 5.92 Å². The Balaban J connectivity index is 1.35. The molecule has 2 heterocycles. The second-order valence-corrected chi connectivity index (χ2v) is 8.64. The molecule has 2 aromatic heterocycles. The smallest absolute Gasteiger partial charge is 0.183 e. The van der Waals surface area contributed by atoms with Crippen LogP contribution in [0.4, 0.5) is 9.52 Å². The van der Waals surface area contributed by atoms with E-state index in [1.165, 1.54) is 44.2 Å². The molecule has 0 radical (unpaired) electrons. The van der Waals surface area contributed by atoms with E-state index < -0.39 is 0 Å². The van der Waals surface area contributed by atoms with Crippen LogP contribution in [-0.4, -0.2) is 16.5 Å². The van der Waals surface area contributed by atoms with Gasteiger partial charge in [0.1, 0.15) is 17.3 Å². The fourth-order valence-electron chi connectivity index (χ4n) is 3.98. The third kappa shape index (κ3) is 4.03. The van der Waals surface area contributed by atoms with Gasteiger partial charge in [-0.2, -0.15) is 0 Å². The first-order chi connectivity index (χ1) is 14.2. The highest BCUT2D eigenvalue weighted by molar-refractivity contribution is 7.22. The molecule has 0 spiro atoms. The molecule has 5 rings (SSSR count). The van der Waals surface area contributed by atoms with Gasteiger partial charge < -0.3 is 10.1 Å². The van der Waals surface area contributed by atoms with Gasteiger partial charge in [-0.05, 0) is 55.2 Å². The van der Waals surface area contributed by atoms with Gasteiger partial charge in [0.2, 0.25) is 0 Å². The summed E-state index contributed by atoms with van der Waals surface area (Å²) in [4.78, 5) is 8.97. The van der Waals surface area contributed by atoms with Crippen LogP contribution in [0.25, 0.3) is 21.1 Å². The first kappa shape index (κ1) is 18.3. The van der Waals surface area contributed by atoms with Gasteiger partial charge in [-0.3, -0.25) is 4.98 Å². The predicted molar refractivity (Wildman–Crippen MR) is 116 cm³/mol. The summed E-state index contributed by atoms with van der Waals surface area (Å²) in [6, 6.07) is 12.1. The molecular formula is C23H22FN3OS. The van der Waals surface area contributed by atoms with Gasteiger partial charge in [-0.15, -0.1) is 0 Å². The van der Waals surface area contributed by atoms with Crippen molar-refractivity contribution in [3.8, 4) is 11.5 Å². The topological polar surface area (TPSA) is 47.0 Å². The third-order valence-electron chi connectivity index (χ3n) is 5.52. The SMILES string of the molecule is Fc1ccc2nccc(Oc3ccc4nc(NCC5CCCCC5)sc4c3)c2c1. The lowest BCUT2D eigenvalue weighted by atomic mass is 9.89. The van der Waals surface area contributed by atoms with E-state index in [4.69, 9.17) is 9.72 Å². The highest BCUT2D eigenvalue weighted by Gasteiger charge is 2.14. The molecule has 1 saturated carbocycles. The molecule has 2 aromatic carbocycles. The van der Waals surface area contributed by atoms with Gasteiger partial charge in [0.05, 0.1) is 15.7 Å². The zero-order valence-corrected chi connectivity index (χ0v) is 16.8. The number of anilines is 1. The summed E-state index contributed by atoms with van der Waals surface area (Å²) in [5, 5.41) is 5.14. The normalized spacial score (nSPS) is 15.1. The number of fused-ring (bicyclic) bond motifs is 2. The third-order valence-corrected chi connectivity index (χ3v) is 6.49. The Morgan fingerprint density at radius 3 is 2.79 bits per heavy atom. The molecule has 4 nitrogen and oxygen atoms in total. The molecule has 148 valence electrons. The Hall–Kier alpha value is -2.73. The molecule has 0 amide bonds. The summed E-state index contributed by atoms with van der Waals surface area (Å²) in [6.45, 7) is 0.998. The second kappa shape index (κ2) is 7.95. The Morgan fingerprint density at radius 2 is 1.90 bits per heavy atom. The van der Waals surface area contributed by atoms with E-state index in [0.29, 0.717) is 22.4 Å². The maximum Gasteiger partial charge on any atom is 0.183 e. The van der Waals surface area contributed by atoms with Crippen molar-refractivity contribution in [2.75, 3.05) is 11.9 Å². The van der Waals surface area contributed by atoms with Crippen molar-refractivity contribution in [1.82, 2.24) is 9.97 Å². The Labute approximate surface area is 172 Å². The van der Waals surface area contributed by atoms with Crippen molar-refractivity contribution in [1.29, 1.82) is 0 Å². The van der Waals surface area contributed by atoms with Gasteiger partial charge in [0.15, 0.2) is 5.13 Å². The van der Waals surface area contributed by atoms with Crippen molar-refractivity contribution < 1.29 is 9.13 Å². The quantitative estimate of drug-likeness (QED) is 0.397. The van der Waals surface area contributed by atoms with Crippen molar-refractivity contribution in [2.45, 2.75) is 32.1 Å². The molecular weight excluding hydrogens is 385 g/mol. The number of ether oxygens (including phenoxy) is 1. The minimum absolute atomic E-state index is 0.304. The number of hydrogen-bond donors (Lipinski definition) is 1. The van der Waals surface area contributed by atoms with E-state index in [0.717, 1.165) is 27.8 Å². The lowest BCUT2D eigenvalue weighted by Crippen LogP contribution is -2.16. The lowest BCUT2D eigenvalue weighted by Gasteiger charge is -2.21. The standard InChI is InChI=1S/C23H22FN3OS/c24-16-6-8-19-18(12-16)21(10-11-25-19)28-17-7-9-20-22(13-17)29-23(27-20)26-14-15-4-2-1-3-5-15/h6-13,15H,1-5,14H2,(H,26,27). The van der Waals surface area contributed by atoms with Crippen LogP contribution in [0.1, 0.15) is 32.1 Å². The molecule has 29 heavy (non-hydrogen) atoms. The minimum Gasteiger partial charge on any atom is -0.457 e. The molecule has 0 atom stereocenters. The number of pyridine rings is 1. The van der Waals surface area contributed by atoms with Gasteiger partial charge in [-0.25, -0.2) is 9.37 Å². The van der Waals surface area contributed by atoms with Gasteiger partial charge in [-0.1, -0.05) is 30.6 Å². The number of nitrogens with one attached hydrogen (secondary N) is 1. The van der Waals surface area contributed by atoms with E-state index in [1.807, 2.05) is 18.2 Å². The Kier molecular flexibility index (Phi) is 5.02. The van der Waals surface area contributed by atoms with Gasteiger partial charge in [0, 0.05) is 24.2 Å². The molecule has 1 N–H and O–H groups in total. The number of thiazole rings is 1. The number of halogens is 1. The van der Waals surface area contributed by atoms with E-state index >= 15 is 0 Å². The maximum atomic E-state index is 13.7. The Bertz CT molecular complexity index is 1150. The Morgan fingerprint density at radius 1 is 1.03 bits per heavy atom. The zero-order valence-electron chi connectivity index (χ0n) is 16.0. The summed E-state index contributed by atoms with van der Waals surface area (Å²) in [5.41, 5.74) is 1.66. The largest absolute Gasteiger partial charge is 0.457 e. The maximum absolute atomic E-state index is 13.7. The summed E-state index contributed by atoms with van der Waals surface area (Å²) in [6.07, 6.45) is 8.38. The number of hydrogen-bond acceptors (Lipinski definition) is 5. The molecule has 0 saturated heterocycles. The van der Waals surface area contributed by atoms with Crippen LogP contribution in [0.3, 0.4) is 0 Å². The number of rotatable bonds is 5. The van der Waals surface area contributed by atoms with Crippen LogP contribution >= 0.6 is 11.3 Å². The summed E-state index contributed by atoms with van der Waals surface area (Å²) < 4.78 is 20.8. The van der Waals surface area contributed by atoms with E-state index in [-0.39, 0.29) is 5.82 Å². The zero-order chi connectivity index (χ0) is 19.6. The number of aromatic nitrogens is 2. The molecule has 4 aromatic rings. The lowest BCUT2D eigenvalue weighted by molar-refractivity contribution is 0.373. The van der Waals surface area contributed by atoms with Crippen LogP contribution in [-0.2, 0) is 0 Å². The minimum atomic E-state index is -0.304. The van der Waals surface area contributed by atoms with Crippen LogP contribution in [0.5, 0.6) is 11.5 Å². The van der Waals surface area contributed by atoms with Crippen LogP contribution in [0, 0.1) is 11.7 Å². The number of nitrogens with zero attached hydrogens (tertiary/aromatic N) is 2. The van der Waals surface area contributed by atoms with E-state index in [9.17, 15) is 4.39 Å². The molecule has 0 unspecified atom stereocenters. The molecule has 6 heteroatoms. The number of benzene rings is 2. The van der Waals surface area contributed by atoms with E-state index in [1.54, 1.807) is 29.7 Å². The highest BCUT2D eigenvalue weighted by Crippen LogP contribution is 2.34. The monoisotopic (exact) mass is 407 g/mol. The van der Waals surface area contributed by atoms with Crippen LogP contribution in [0.15, 0.2) is 48.7 Å². The van der Waals surface area contributed by atoms with Crippen LogP contribution in [0.2, 0.25) is 0 Å². The fraction of sp³-hybridized carbons (Fsp3) is 0.304. The van der Waals surface area contributed by atoms with E-state index in [2.05, 4.69) is 10.3 Å². The molecule has 1 aliphatic rings. The van der Waals surface area contributed by atoms with Gasteiger partial charge >= 0.3 is 0 Å². The van der Waals surface area contributed by atoms with Crippen molar-refractivity contribution in [3.05, 3.63) is 54.5 Å². The molecule has 0 aliphatic heterocycles.